The Balaban J connectivity index is 0.00000312. The van der Waals surface area contributed by atoms with Crippen molar-refractivity contribution in [3.63, 3.8) is 0 Å². The lowest BCUT2D eigenvalue weighted by Crippen LogP contribution is -2.39. The van der Waals surface area contributed by atoms with E-state index in [1.165, 1.54) is 0 Å². The number of ether oxygens (including phenoxy) is 1. The lowest BCUT2D eigenvalue weighted by Gasteiger charge is -2.12. The molecule has 0 aliphatic rings. The van der Waals surface area contributed by atoms with E-state index in [0.717, 1.165) is 18.0 Å². The van der Waals surface area contributed by atoms with Gasteiger partial charge in [0.15, 0.2) is 5.96 Å². The Morgan fingerprint density at radius 3 is 2.68 bits per heavy atom. The second kappa shape index (κ2) is 11.2. The van der Waals surface area contributed by atoms with E-state index in [9.17, 15) is 0 Å². The molecular formula is C17H24ClIN4O2. The molecule has 0 spiro atoms. The zero-order valence-corrected chi connectivity index (χ0v) is 17.7. The largest absolute Gasteiger partial charge is 0.490 e. The summed E-state index contributed by atoms with van der Waals surface area (Å²) < 4.78 is 11.2. The molecule has 0 saturated heterocycles. The van der Waals surface area contributed by atoms with Crippen LogP contribution in [0.2, 0.25) is 5.02 Å². The van der Waals surface area contributed by atoms with E-state index >= 15 is 0 Å². The fourth-order valence-electron chi connectivity index (χ4n) is 1.99. The zero-order valence-electron chi connectivity index (χ0n) is 14.6. The van der Waals surface area contributed by atoms with Crippen LogP contribution in [0, 0.1) is 13.8 Å². The predicted molar refractivity (Wildman–Crippen MR) is 111 cm³/mol. The molecule has 1 aromatic heterocycles. The van der Waals surface area contributed by atoms with Gasteiger partial charge in [0.05, 0.1) is 17.3 Å². The van der Waals surface area contributed by atoms with Crippen LogP contribution in [0.5, 0.6) is 5.75 Å². The summed E-state index contributed by atoms with van der Waals surface area (Å²) >= 11 is 6.05. The molecule has 0 unspecified atom stereocenters. The van der Waals surface area contributed by atoms with Crippen molar-refractivity contribution in [2.24, 2.45) is 4.99 Å². The Bertz CT molecular complexity index is 672. The summed E-state index contributed by atoms with van der Waals surface area (Å²) in [6.07, 6.45) is 0. The molecule has 1 aromatic carbocycles. The molecular weight excluding hydrogens is 455 g/mol. The van der Waals surface area contributed by atoms with Crippen molar-refractivity contribution in [3.05, 3.63) is 46.6 Å². The predicted octanol–water partition coefficient (Wildman–Crippen LogP) is 3.70. The summed E-state index contributed by atoms with van der Waals surface area (Å²) in [4.78, 5) is 8.78. The SMILES string of the molecule is CCNC(=NCc1nc(C)c(C)o1)NCCOc1ccccc1Cl.I. The Kier molecular flexibility index (Phi) is 9.66. The number of benzene rings is 1. The fourth-order valence-corrected chi connectivity index (χ4v) is 2.18. The van der Waals surface area contributed by atoms with Gasteiger partial charge in [0, 0.05) is 6.54 Å². The summed E-state index contributed by atoms with van der Waals surface area (Å²) in [6, 6.07) is 7.40. The van der Waals surface area contributed by atoms with E-state index in [1.807, 2.05) is 39.0 Å². The van der Waals surface area contributed by atoms with Crippen LogP contribution >= 0.6 is 35.6 Å². The Labute approximate surface area is 170 Å². The van der Waals surface area contributed by atoms with Gasteiger partial charge in [0.2, 0.25) is 5.89 Å². The molecule has 1 heterocycles. The molecule has 2 rings (SSSR count). The maximum atomic E-state index is 6.05. The van der Waals surface area contributed by atoms with Crippen LogP contribution in [0.3, 0.4) is 0 Å². The molecule has 6 nitrogen and oxygen atoms in total. The van der Waals surface area contributed by atoms with Gasteiger partial charge >= 0.3 is 0 Å². The number of nitrogens with one attached hydrogen (secondary N) is 2. The van der Waals surface area contributed by atoms with Gasteiger partial charge in [-0.05, 0) is 32.9 Å². The van der Waals surface area contributed by atoms with Crippen molar-refractivity contribution in [3.8, 4) is 5.75 Å². The van der Waals surface area contributed by atoms with E-state index < -0.39 is 0 Å². The zero-order chi connectivity index (χ0) is 17.4. The van der Waals surface area contributed by atoms with Gasteiger partial charge in [0.25, 0.3) is 0 Å². The highest BCUT2D eigenvalue weighted by Crippen LogP contribution is 2.22. The van der Waals surface area contributed by atoms with Crippen LogP contribution in [-0.2, 0) is 6.54 Å². The van der Waals surface area contributed by atoms with Crippen LogP contribution in [0.15, 0.2) is 33.7 Å². The topological polar surface area (TPSA) is 71.7 Å². The molecule has 0 bridgehead atoms. The van der Waals surface area contributed by atoms with Crippen LogP contribution in [0.25, 0.3) is 0 Å². The summed E-state index contributed by atoms with van der Waals surface area (Å²) in [5.74, 6) is 2.79. The van der Waals surface area contributed by atoms with Gasteiger partial charge in [-0.15, -0.1) is 24.0 Å². The molecule has 138 valence electrons. The molecule has 0 radical (unpaired) electrons. The van der Waals surface area contributed by atoms with E-state index in [1.54, 1.807) is 6.07 Å². The molecule has 0 saturated carbocycles. The second-order valence-electron chi connectivity index (χ2n) is 5.15. The van der Waals surface area contributed by atoms with Crippen LogP contribution in [0.1, 0.15) is 24.3 Å². The molecule has 0 aliphatic heterocycles. The quantitative estimate of drug-likeness (QED) is 0.275. The first-order valence-corrected chi connectivity index (χ1v) is 8.30. The van der Waals surface area contributed by atoms with E-state index in [2.05, 4.69) is 20.6 Å². The minimum absolute atomic E-state index is 0. The maximum Gasteiger partial charge on any atom is 0.216 e. The van der Waals surface area contributed by atoms with Gasteiger partial charge < -0.3 is 19.8 Å². The molecule has 0 atom stereocenters. The number of halogens is 2. The molecule has 25 heavy (non-hydrogen) atoms. The minimum atomic E-state index is 0. The molecule has 0 fully saturated rings. The summed E-state index contributed by atoms with van der Waals surface area (Å²) in [5.41, 5.74) is 0.895. The number of guanidine groups is 1. The van der Waals surface area contributed by atoms with Gasteiger partial charge in [-0.3, -0.25) is 0 Å². The number of para-hydroxylation sites is 1. The average molecular weight is 479 g/mol. The highest BCUT2D eigenvalue weighted by atomic mass is 127. The third-order valence-corrected chi connectivity index (χ3v) is 3.59. The van der Waals surface area contributed by atoms with E-state index in [0.29, 0.717) is 42.3 Å². The average Bonchev–Trinajstić information content (AvgIpc) is 2.89. The monoisotopic (exact) mass is 478 g/mol. The van der Waals surface area contributed by atoms with Gasteiger partial charge in [0.1, 0.15) is 24.7 Å². The van der Waals surface area contributed by atoms with Crippen LogP contribution in [0.4, 0.5) is 0 Å². The number of oxazole rings is 1. The molecule has 2 N–H and O–H groups in total. The van der Waals surface area contributed by atoms with Crippen molar-refractivity contribution in [1.29, 1.82) is 0 Å². The standard InChI is InChI=1S/C17H23ClN4O2.HI/c1-4-19-17(21-11-16-22-12(2)13(3)24-16)20-9-10-23-15-8-6-5-7-14(15)18;/h5-8H,4,9-11H2,1-3H3,(H2,19,20,21);1H. The smallest absolute Gasteiger partial charge is 0.216 e. The van der Waals surface area contributed by atoms with Crippen molar-refractivity contribution >= 4 is 41.5 Å². The Morgan fingerprint density at radius 2 is 2.04 bits per heavy atom. The molecule has 2 aromatic rings. The molecule has 0 amide bonds. The Hall–Kier alpha value is -1.48. The second-order valence-corrected chi connectivity index (χ2v) is 5.56. The van der Waals surface area contributed by atoms with Gasteiger partial charge in [-0.1, -0.05) is 23.7 Å². The lowest BCUT2D eigenvalue weighted by molar-refractivity contribution is 0.322. The molecule has 8 heteroatoms. The summed E-state index contributed by atoms with van der Waals surface area (Å²) in [6.45, 7) is 8.05. The number of aromatic nitrogens is 1. The first kappa shape index (κ1) is 21.6. The van der Waals surface area contributed by atoms with Gasteiger partial charge in [-0.25, -0.2) is 9.98 Å². The number of aliphatic imine (C=N–C) groups is 1. The minimum Gasteiger partial charge on any atom is -0.490 e. The number of rotatable bonds is 7. The normalized spacial score (nSPS) is 11.0. The first-order chi connectivity index (χ1) is 11.6. The fraction of sp³-hybridized carbons (Fsp3) is 0.412. The molecule has 0 aliphatic carbocycles. The van der Waals surface area contributed by atoms with Crippen molar-refractivity contribution < 1.29 is 9.15 Å². The highest BCUT2D eigenvalue weighted by molar-refractivity contribution is 14.0. The number of aryl methyl sites for hydroxylation is 2. The van der Waals surface area contributed by atoms with Crippen LogP contribution < -0.4 is 15.4 Å². The van der Waals surface area contributed by atoms with Crippen molar-refractivity contribution in [2.45, 2.75) is 27.3 Å². The summed E-state index contributed by atoms with van der Waals surface area (Å²) in [7, 11) is 0. The first-order valence-electron chi connectivity index (χ1n) is 7.92. The maximum absolute atomic E-state index is 6.05. The van der Waals surface area contributed by atoms with Crippen molar-refractivity contribution in [2.75, 3.05) is 19.7 Å². The lowest BCUT2D eigenvalue weighted by atomic mass is 10.3. The number of hydrogen-bond acceptors (Lipinski definition) is 4. The van der Waals surface area contributed by atoms with Crippen molar-refractivity contribution in [1.82, 2.24) is 15.6 Å². The van der Waals surface area contributed by atoms with Gasteiger partial charge in [-0.2, -0.15) is 0 Å². The van der Waals surface area contributed by atoms with E-state index in [-0.39, 0.29) is 24.0 Å². The Morgan fingerprint density at radius 1 is 1.28 bits per heavy atom. The number of nitrogens with zero attached hydrogens (tertiary/aromatic N) is 2. The summed E-state index contributed by atoms with van der Waals surface area (Å²) in [5, 5.41) is 6.98. The van der Waals surface area contributed by atoms with Crippen LogP contribution in [-0.4, -0.2) is 30.6 Å². The highest BCUT2D eigenvalue weighted by Gasteiger charge is 2.05. The van der Waals surface area contributed by atoms with E-state index in [4.69, 9.17) is 20.8 Å². The third kappa shape index (κ3) is 7.11. The number of hydrogen-bond donors (Lipinski definition) is 2. The third-order valence-electron chi connectivity index (χ3n) is 3.28.